The molecule has 0 aromatic rings. The van der Waals surface area contributed by atoms with E-state index in [4.69, 9.17) is 9.47 Å². The van der Waals surface area contributed by atoms with Gasteiger partial charge in [0.05, 0.1) is 12.7 Å². The van der Waals surface area contributed by atoms with Crippen LogP contribution in [0.25, 0.3) is 0 Å². The van der Waals surface area contributed by atoms with E-state index in [1.165, 1.54) is 0 Å². The van der Waals surface area contributed by atoms with Gasteiger partial charge in [-0.3, -0.25) is 0 Å². The lowest BCUT2D eigenvalue weighted by Crippen LogP contribution is -2.61. The second kappa shape index (κ2) is 7.14. The Hall–Kier alpha value is -0.540. The fourth-order valence-electron chi connectivity index (χ4n) is 3.02. The van der Waals surface area contributed by atoms with Crippen molar-refractivity contribution in [2.75, 3.05) is 6.61 Å². The van der Waals surface area contributed by atoms with Crippen LogP contribution in [0.5, 0.6) is 0 Å². The van der Waals surface area contributed by atoms with Crippen LogP contribution in [-0.4, -0.2) is 74.6 Å². The molecule has 0 aromatic heterocycles. The average molecular weight is 332 g/mol. The van der Waals surface area contributed by atoms with Crippen LogP contribution in [0.15, 0.2) is 12.2 Å². The van der Waals surface area contributed by atoms with E-state index in [-0.39, 0.29) is 5.92 Å². The fourth-order valence-corrected chi connectivity index (χ4v) is 3.02. The van der Waals surface area contributed by atoms with E-state index in [2.05, 4.69) is 13.8 Å². The van der Waals surface area contributed by atoms with Crippen LogP contribution < -0.4 is 0 Å². The van der Waals surface area contributed by atoms with Crippen LogP contribution in [0.4, 0.5) is 0 Å². The van der Waals surface area contributed by atoms with Crippen LogP contribution in [0.3, 0.4) is 0 Å². The van der Waals surface area contributed by atoms with Crippen molar-refractivity contribution in [2.45, 2.75) is 69.6 Å². The van der Waals surface area contributed by atoms with Gasteiger partial charge in [0.15, 0.2) is 6.29 Å². The fraction of sp³-hybridized carbons (Fsp3) is 0.875. The van der Waals surface area contributed by atoms with Gasteiger partial charge in [-0.1, -0.05) is 26.0 Å². The first-order valence-electron chi connectivity index (χ1n) is 8.05. The zero-order chi connectivity index (χ0) is 17.4. The highest BCUT2D eigenvalue weighted by Gasteiger charge is 2.47. The molecule has 0 radical (unpaired) electrons. The molecule has 8 atom stereocenters. The predicted molar refractivity (Wildman–Crippen MR) is 81.3 cm³/mol. The first-order valence-corrected chi connectivity index (χ1v) is 8.05. The van der Waals surface area contributed by atoms with E-state index in [1.807, 2.05) is 6.08 Å². The Bertz CT molecular complexity index is 421. The van der Waals surface area contributed by atoms with Crippen molar-refractivity contribution in [3.8, 4) is 0 Å². The summed E-state index contributed by atoms with van der Waals surface area (Å²) in [7, 11) is 0. The van der Waals surface area contributed by atoms with Gasteiger partial charge in [-0.05, 0) is 25.2 Å². The maximum Gasteiger partial charge on any atom is 0.187 e. The highest BCUT2D eigenvalue weighted by atomic mass is 16.7. The smallest absolute Gasteiger partial charge is 0.187 e. The molecule has 0 bridgehead atoms. The number of aliphatic hydroxyl groups excluding tert-OH is 4. The third-order valence-corrected chi connectivity index (χ3v) is 4.82. The van der Waals surface area contributed by atoms with E-state index in [0.717, 1.165) is 0 Å². The van der Waals surface area contributed by atoms with Crippen molar-refractivity contribution in [3.05, 3.63) is 12.2 Å². The summed E-state index contributed by atoms with van der Waals surface area (Å²) in [5.74, 6) is 0.577. The Kier molecular flexibility index (Phi) is 5.84. The van der Waals surface area contributed by atoms with Crippen LogP contribution >= 0.6 is 0 Å². The van der Waals surface area contributed by atoms with Crippen molar-refractivity contribution in [1.82, 2.24) is 0 Å². The Morgan fingerprint density at radius 3 is 2.43 bits per heavy atom. The second-order valence-corrected chi connectivity index (χ2v) is 7.05. The number of rotatable bonds is 4. The van der Waals surface area contributed by atoms with Crippen molar-refractivity contribution < 1.29 is 35.0 Å². The van der Waals surface area contributed by atoms with Gasteiger partial charge in [-0.15, -0.1) is 0 Å². The minimum atomic E-state index is -1.49. The SMILES string of the molecule is CC(C)[C@@H]1C=C[C@](C)(O)[C@H](O[C@@H]2O[C@H](CO)[C@@H](O)[C@H](O)[C@H]2O)C1. The zero-order valence-electron chi connectivity index (χ0n) is 13.7. The molecular formula is C16H28O7. The normalized spacial score (nSPS) is 48.0. The van der Waals surface area contributed by atoms with Gasteiger partial charge in [0.25, 0.3) is 0 Å². The molecule has 1 aliphatic heterocycles. The number of allylic oxidation sites excluding steroid dienone is 1. The molecule has 1 aliphatic carbocycles. The maximum absolute atomic E-state index is 10.5. The summed E-state index contributed by atoms with van der Waals surface area (Å²) in [6, 6.07) is 0. The molecule has 0 saturated carbocycles. The molecule has 1 saturated heterocycles. The van der Waals surface area contributed by atoms with Gasteiger partial charge in [0.2, 0.25) is 0 Å². The largest absolute Gasteiger partial charge is 0.394 e. The molecule has 0 spiro atoms. The molecule has 5 N–H and O–H groups in total. The molecule has 134 valence electrons. The molecule has 2 aliphatic rings. The Labute approximate surface area is 136 Å². The second-order valence-electron chi connectivity index (χ2n) is 7.05. The molecule has 23 heavy (non-hydrogen) atoms. The lowest BCUT2D eigenvalue weighted by Gasteiger charge is -2.44. The van der Waals surface area contributed by atoms with Gasteiger partial charge in [-0.25, -0.2) is 0 Å². The number of aliphatic hydroxyl groups is 5. The Balaban J connectivity index is 2.11. The maximum atomic E-state index is 10.5. The van der Waals surface area contributed by atoms with E-state index in [1.54, 1.807) is 13.0 Å². The molecule has 1 fully saturated rings. The highest BCUT2D eigenvalue weighted by molar-refractivity contribution is 5.11. The summed E-state index contributed by atoms with van der Waals surface area (Å²) < 4.78 is 11.1. The number of hydrogen-bond donors (Lipinski definition) is 5. The van der Waals surface area contributed by atoms with Crippen molar-refractivity contribution in [3.63, 3.8) is 0 Å². The lowest BCUT2D eigenvalue weighted by atomic mass is 9.79. The Morgan fingerprint density at radius 1 is 1.22 bits per heavy atom. The molecule has 1 heterocycles. The summed E-state index contributed by atoms with van der Waals surface area (Å²) >= 11 is 0. The molecule has 0 aromatic carbocycles. The van der Waals surface area contributed by atoms with E-state index in [0.29, 0.717) is 12.3 Å². The summed E-state index contributed by atoms with van der Waals surface area (Å²) in [6.45, 7) is 5.23. The first-order chi connectivity index (χ1) is 10.7. The highest BCUT2D eigenvalue weighted by Crippen LogP contribution is 2.34. The molecule has 7 heteroatoms. The zero-order valence-corrected chi connectivity index (χ0v) is 13.7. The average Bonchev–Trinajstić information content (AvgIpc) is 2.49. The molecular weight excluding hydrogens is 304 g/mol. The topological polar surface area (TPSA) is 120 Å². The van der Waals surface area contributed by atoms with Crippen LogP contribution in [0.1, 0.15) is 27.2 Å². The van der Waals surface area contributed by atoms with Crippen LogP contribution in [0, 0.1) is 11.8 Å². The summed E-state index contributed by atoms with van der Waals surface area (Å²) in [5.41, 5.74) is -1.23. The third-order valence-electron chi connectivity index (χ3n) is 4.82. The molecule has 7 nitrogen and oxygen atoms in total. The van der Waals surface area contributed by atoms with Crippen molar-refractivity contribution >= 4 is 0 Å². The minimum absolute atomic E-state index is 0.213. The first kappa shape index (κ1) is 18.8. The quantitative estimate of drug-likeness (QED) is 0.426. The number of ether oxygens (including phenoxy) is 2. The lowest BCUT2D eigenvalue weighted by molar-refractivity contribution is -0.322. The monoisotopic (exact) mass is 332 g/mol. The van der Waals surface area contributed by atoms with Crippen LogP contribution in [0.2, 0.25) is 0 Å². The van der Waals surface area contributed by atoms with E-state index in [9.17, 15) is 25.5 Å². The summed E-state index contributed by atoms with van der Waals surface area (Å²) in [6.07, 6.45) is -3.11. The molecule has 2 rings (SSSR count). The van der Waals surface area contributed by atoms with Crippen LogP contribution in [-0.2, 0) is 9.47 Å². The van der Waals surface area contributed by atoms with Gasteiger partial charge < -0.3 is 35.0 Å². The van der Waals surface area contributed by atoms with E-state index >= 15 is 0 Å². The third kappa shape index (κ3) is 3.93. The predicted octanol–water partition coefficient (Wildman–Crippen LogP) is -0.845. The van der Waals surface area contributed by atoms with Crippen molar-refractivity contribution in [1.29, 1.82) is 0 Å². The Morgan fingerprint density at radius 2 is 1.87 bits per heavy atom. The standard InChI is InChI=1S/C16H28O7/c1-8(2)9-4-5-16(3,21)11(6-9)23-15-14(20)13(19)12(18)10(7-17)22-15/h4-5,8-15,17-21H,6-7H2,1-3H3/t9-,10-,11-,12-,13+,14-,15+,16+/m1/s1. The van der Waals surface area contributed by atoms with Crippen molar-refractivity contribution in [2.24, 2.45) is 11.8 Å². The minimum Gasteiger partial charge on any atom is -0.394 e. The van der Waals surface area contributed by atoms with E-state index < -0.39 is 49.0 Å². The van der Waals surface area contributed by atoms with Gasteiger partial charge in [0.1, 0.15) is 30.0 Å². The van der Waals surface area contributed by atoms with Gasteiger partial charge in [-0.2, -0.15) is 0 Å². The molecule has 0 unspecified atom stereocenters. The number of hydrogen-bond acceptors (Lipinski definition) is 7. The van der Waals surface area contributed by atoms with Gasteiger partial charge in [0, 0.05) is 0 Å². The van der Waals surface area contributed by atoms with Gasteiger partial charge >= 0.3 is 0 Å². The molecule has 0 amide bonds. The summed E-state index contributed by atoms with van der Waals surface area (Å²) in [4.78, 5) is 0. The summed E-state index contributed by atoms with van der Waals surface area (Å²) in [5, 5.41) is 49.4.